The van der Waals surface area contributed by atoms with Gasteiger partial charge in [0.15, 0.2) is 14.7 Å². The lowest BCUT2D eigenvalue weighted by Crippen LogP contribution is -2.06. The SMILES string of the molecule is C/C=C\C(=C/C)[S+](c1ccccc1)c1ccc(Cc2ccccc2)cc1.CC. The van der Waals surface area contributed by atoms with Crippen molar-refractivity contribution in [2.75, 3.05) is 0 Å². The molecule has 0 spiro atoms. The van der Waals surface area contributed by atoms with Gasteiger partial charge in [-0.1, -0.05) is 80.6 Å². The molecule has 0 radical (unpaired) electrons. The monoisotopic (exact) mass is 387 g/mol. The second-order valence-corrected chi connectivity index (χ2v) is 8.14. The standard InChI is InChI=1S/C25H25S.C2H6/c1-3-11-23(4-2)26(24-14-9-6-10-15-24)25-18-16-22(17-19-25)20-21-12-7-5-8-13-21;1-2/h3-19H,20H2,1-2H3;1-2H3/q+1;/b11-3-,23-4+;. The van der Waals surface area contributed by atoms with Gasteiger partial charge in [0, 0.05) is 0 Å². The normalized spacial score (nSPS) is 12.4. The molecule has 144 valence electrons. The van der Waals surface area contributed by atoms with Gasteiger partial charge in [-0.2, -0.15) is 0 Å². The second-order valence-electron chi connectivity index (χ2n) is 6.12. The molecular formula is C27H31S+. The van der Waals surface area contributed by atoms with E-state index in [9.17, 15) is 0 Å². The number of hydrogen-bond donors (Lipinski definition) is 0. The topological polar surface area (TPSA) is 0 Å². The van der Waals surface area contributed by atoms with Gasteiger partial charge in [-0.15, -0.1) is 0 Å². The molecule has 0 aliphatic heterocycles. The van der Waals surface area contributed by atoms with E-state index in [4.69, 9.17) is 0 Å². The van der Waals surface area contributed by atoms with Crippen LogP contribution in [-0.2, 0) is 17.3 Å². The molecule has 0 bridgehead atoms. The van der Waals surface area contributed by atoms with Crippen LogP contribution >= 0.6 is 0 Å². The minimum atomic E-state index is -0.0694. The molecule has 0 amide bonds. The zero-order chi connectivity index (χ0) is 20.2. The van der Waals surface area contributed by atoms with Gasteiger partial charge in [-0.05, 0) is 67.8 Å². The summed E-state index contributed by atoms with van der Waals surface area (Å²) in [6, 6.07) is 30.6. The molecule has 0 heterocycles. The van der Waals surface area contributed by atoms with E-state index in [1.54, 1.807) is 0 Å². The van der Waals surface area contributed by atoms with Crippen molar-refractivity contribution < 1.29 is 0 Å². The van der Waals surface area contributed by atoms with E-state index in [0.717, 1.165) is 6.42 Å². The molecule has 3 aromatic carbocycles. The van der Waals surface area contributed by atoms with Gasteiger partial charge in [0.1, 0.15) is 0 Å². The predicted octanol–water partition coefficient (Wildman–Crippen LogP) is 7.82. The minimum absolute atomic E-state index is 0.0694. The van der Waals surface area contributed by atoms with Gasteiger partial charge in [-0.3, -0.25) is 0 Å². The number of hydrogen-bond acceptors (Lipinski definition) is 0. The van der Waals surface area contributed by atoms with Crippen LogP contribution in [0.1, 0.15) is 38.8 Å². The van der Waals surface area contributed by atoms with Crippen LogP contribution in [0.2, 0.25) is 0 Å². The fourth-order valence-corrected chi connectivity index (χ4v) is 5.15. The summed E-state index contributed by atoms with van der Waals surface area (Å²) in [5, 5.41) is 0. The Morgan fingerprint density at radius 3 is 1.71 bits per heavy atom. The number of allylic oxidation sites excluding steroid dienone is 3. The summed E-state index contributed by atoms with van der Waals surface area (Å²) < 4.78 is 0. The first kappa shape index (κ1) is 21.8. The Hall–Kier alpha value is -2.51. The molecule has 0 aliphatic rings. The molecular weight excluding hydrogens is 356 g/mol. The van der Waals surface area contributed by atoms with Crippen molar-refractivity contribution in [3.8, 4) is 0 Å². The maximum absolute atomic E-state index is 2.29. The van der Waals surface area contributed by atoms with Gasteiger partial charge >= 0.3 is 0 Å². The maximum Gasteiger partial charge on any atom is 0.166 e. The van der Waals surface area contributed by atoms with E-state index in [1.165, 1.54) is 25.8 Å². The fourth-order valence-electron chi connectivity index (χ4n) is 2.99. The zero-order valence-corrected chi connectivity index (χ0v) is 18.2. The van der Waals surface area contributed by atoms with E-state index >= 15 is 0 Å². The number of benzene rings is 3. The van der Waals surface area contributed by atoms with E-state index in [2.05, 4.69) is 117 Å². The Bertz CT molecular complexity index is 859. The van der Waals surface area contributed by atoms with Crippen LogP contribution in [0.15, 0.2) is 118 Å². The molecule has 1 atom stereocenters. The summed E-state index contributed by atoms with van der Waals surface area (Å²) in [5.41, 5.74) is 2.70. The highest BCUT2D eigenvalue weighted by molar-refractivity contribution is 8.00. The molecule has 0 N–H and O–H groups in total. The van der Waals surface area contributed by atoms with Crippen molar-refractivity contribution in [3.05, 3.63) is 119 Å². The lowest BCUT2D eigenvalue weighted by Gasteiger charge is -2.09. The molecule has 0 aliphatic carbocycles. The van der Waals surface area contributed by atoms with E-state index in [1.807, 2.05) is 13.8 Å². The Labute approximate surface area is 174 Å². The smallest absolute Gasteiger partial charge is 0.0827 e. The first-order chi connectivity index (χ1) is 13.8. The lowest BCUT2D eigenvalue weighted by atomic mass is 10.1. The van der Waals surface area contributed by atoms with Gasteiger partial charge in [-0.25, -0.2) is 0 Å². The van der Waals surface area contributed by atoms with Crippen LogP contribution in [0.25, 0.3) is 0 Å². The van der Waals surface area contributed by atoms with Crippen molar-refractivity contribution in [1.82, 2.24) is 0 Å². The summed E-state index contributed by atoms with van der Waals surface area (Å²) in [6.45, 7) is 8.21. The van der Waals surface area contributed by atoms with Gasteiger partial charge in [0.05, 0.1) is 10.9 Å². The Kier molecular flexibility index (Phi) is 9.37. The number of rotatable bonds is 6. The molecule has 0 saturated heterocycles. The van der Waals surface area contributed by atoms with Crippen molar-refractivity contribution in [1.29, 1.82) is 0 Å². The Balaban J connectivity index is 0.00000136. The molecule has 1 heteroatoms. The molecule has 1 unspecified atom stereocenters. The van der Waals surface area contributed by atoms with E-state index in [-0.39, 0.29) is 10.9 Å². The highest BCUT2D eigenvalue weighted by atomic mass is 32.2. The van der Waals surface area contributed by atoms with Crippen LogP contribution in [0.4, 0.5) is 0 Å². The fraction of sp³-hybridized carbons (Fsp3) is 0.185. The van der Waals surface area contributed by atoms with Crippen LogP contribution in [-0.4, -0.2) is 0 Å². The van der Waals surface area contributed by atoms with Crippen molar-refractivity contribution >= 4 is 10.9 Å². The van der Waals surface area contributed by atoms with Crippen LogP contribution in [0.3, 0.4) is 0 Å². The van der Waals surface area contributed by atoms with Crippen LogP contribution in [0, 0.1) is 0 Å². The lowest BCUT2D eigenvalue weighted by molar-refractivity contribution is 1.18. The first-order valence-corrected chi connectivity index (χ1v) is 11.3. The highest BCUT2D eigenvalue weighted by Crippen LogP contribution is 2.31. The molecule has 0 aromatic heterocycles. The summed E-state index contributed by atoms with van der Waals surface area (Å²) in [4.78, 5) is 4.07. The Morgan fingerprint density at radius 2 is 1.18 bits per heavy atom. The molecule has 3 aromatic rings. The third-order valence-corrected chi connectivity index (χ3v) is 6.57. The van der Waals surface area contributed by atoms with Crippen molar-refractivity contribution in [2.45, 2.75) is 43.9 Å². The minimum Gasteiger partial charge on any atom is -0.0827 e. The Morgan fingerprint density at radius 1 is 0.679 bits per heavy atom. The average molecular weight is 388 g/mol. The maximum atomic E-state index is 2.29. The van der Waals surface area contributed by atoms with Gasteiger partial charge in [0.2, 0.25) is 0 Å². The molecule has 28 heavy (non-hydrogen) atoms. The highest BCUT2D eigenvalue weighted by Gasteiger charge is 2.28. The van der Waals surface area contributed by atoms with E-state index in [0.29, 0.717) is 0 Å². The van der Waals surface area contributed by atoms with Crippen molar-refractivity contribution in [2.24, 2.45) is 0 Å². The first-order valence-electron chi connectivity index (χ1n) is 10.0. The summed E-state index contributed by atoms with van der Waals surface area (Å²) >= 11 is 0. The average Bonchev–Trinajstić information content (AvgIpc) is 2.77. The van der Waals surface area contributed by atoms with Crippen LogP contribution in [0.5, 0.6) is 0 Å². The summed E-state index contributed by atoms with van der Waals surface area (Å²) in [7, 11) is -0.0694. The molecule has 0 saturated carbocycles. The zero-order valence-electron chi connectivity index (χ0n) is 17.4. The summed E-state index contributed by atoms with van der Waals surface area (Å²) in [6.07, 6.45) is 7.57. The third kappa shape index (κ3) is 6.00. The molecule has 0 fully saturated rings. The molecule has 3 rings (SSSR count). The van der Waals surface area contributed by atoms with Gasteiger partial charge in [0.25, 0.3) is 0 Å². The van der Waals surface area contributed by atoms with E-state index < -0.39 is 0 Å². The molecule has 0 nitrogen and oxygen atoms in total. The third-order valence-electron chi connectivity index (χ3n) is 4.24. The largest absolute Gasteiger partial charge is 0.166 e. The van der Waals surface area contributed by atoms with Gasteiger partial charge < -0.3 is 0 Å². The second kappa shape index (κ2) is 12.0. The predicted molar refractivity (Wildman–Crippen MR) is 126 cm³/mol. The van der Waals surface area contributed by atoms with Crippen LogP contribution < -0.4 is 0 Å². The summed E-state index contributed by atoms with van der Waals surface area (Å²) in [5.74, 6) is 0. The quantitative estimate of drug-likeness (QED) is 0.299. The van der Waals surface area contributed by atoms with Crippen molar-refractivity contribution in [3.63, 3.8) is 0 Å².